The van der Waals surface area contributed by atoms with E-state index in [0.717, 1.165) is 0 Å². The fourth-order valence-corrected chi connectivity index (χ4v) is 3.48. The number of aromatic nitrogens is 1. The van der Waals surface area contributed by atoms with Crippen LogP contribution >= 0.6 is 35.0 Å². The van der Waals surface area contributed by atoms with Gasteiger partial charge in [-0.05, 0) is 25.1 Å². The topological polar surface area (TPSA) is 88.6 Å². The lowest BCUT2D eigenvalue weighted by molar-refractivity contribution is -0.126. The van der Waals surface area contributed by atoms with E-state index in [0.29, 0.717) is 9.92 Å². The summed E-state index contributed by atoms with van der Waals surface area (Å²) in [6, 6.07) is 8.16. The minimum atomic E-state index is -1.10. The average molecular weight is 456 g/mol. The van der Waals surface area contributed by atoms with Crippen LogP contribution in [-0.4, -0.2) is 53.6 Å². The van der Waals surface area contributed by atoms with E-state index in [-0.39, 0.29) is 28.1 Å². The highest BCUT2D eigenvalue weighted by molar-refractivity contribution is 8.00. The molecule has 2 aromatic rings. The zero-order valence-corrected chi connectivity index (χ0v) is 18.3. The second-order valence-electron chi connectivity index (χ2n) is 6.09. The number of rotatable bonds is 7. The summed E-state index contributed by atoms with van der Waals surface area (Å²) in [7, 11) is 3.32. The number of hydrogen-bond acceptors (Lipinski definition) is 6. The Morgan fingerprint density at radius 1 is 1.24 bits per heavy atom. The number of amides is 2. The molecule has 1 aromatic carbocycles. The number of carbonyl (C=O) groups is 3. The Kier molecular flexibility index (Phi) is 8.31. The molecule has 0 radical (unpaired) electrons. The van der Waals surface area contributed by atoms with Crippen LogP contribution in [0.15, 0.2) is 41.4 Å². The van der Waals surface area contributed by atoms with Crippen molar-refractivity contribution in [2.75, 3.05) is 25.2 Å². The fourth-order valence-electron chi connectivity index (χ4n) is 2.03. The van der Waals surface area contributed by atoms with Gasteiger partial charge in [-0.3, -0.25) is 9.59 Å². The van der Waals surface area contributed by atoms with E-state index in [1.807, 2.05) is 0 Å². The third-order valence-electron chi connectivity index (χ3n) is 3.66. The van der Waals surface area contributed by atoms with E-state index in [1.165, 1.54) is 35.8 Å². The number of ether oxygens (including phenoxy) is 1. The van der Waals surface area contributed by atoms with Gasteiger partial charge in [-0.2, -0.15) is 0 Å². The summed E-state index contributed by atoms with van der Waals surface area (Å²) in [5.41, 5.74) is 0.270. The van der Waals surface area contributed by atoms with Crippen molar-refractivity contribution in [3.05, 3.63) is 52.1 Å². The van der Waals surface area contributed by atoms with Gasteiger partial charge in [0.15, 0.2) is 11.9 Å². The highest BCUT2D eigenvalue weighted by atomic mass is 35.5. The normalized spacial score (nSPS) is 11.5. The quantitative estimate of drug-likeness (QED) is 0.504. The van der Waals surface area contributed by atoms with Crippen LogP contribution in [0.2, 0.25) is 10.0 Å². The number of halogens is 2. The maximum absolute atomic E-state index is 12.6. The van der Waals surface area contributed by atoms with E-state index in [4.69, 9.17) is 27.9 Å². The highest BCUT2D eigenvalue weighted by Gasteiger charge is 2.22. The van der Waals surface area contributed by atoms with Crippen molar-refractivity contribution in [3.63, 3.8) is 0 Å². The van der Waals surface area contributed by atoms with Crippen molar-refractivity contribution >= 4 is 58.6 Å². The first kappa shape index (κ1) is 23.0. The maximum Gasteiger partial charge on any atom is 0.340 e. The number of nitrogens with one attached hydrogen (secondary N) is 1. The molecule has 1 N–H and O–H groups in total. The number of benzene rings is 1. The van der Waals surface area contributed by atoms with Crippen LogP contribution in [-0.2, 0) is 14.3 Å². The summed E-state index contributed by atoms with van der Waals surface area (Å²) in [5, 5.41) is 2.98. The van der Waals surface area contributed by atoms with E-state index < -0.39 is 18.0 Å². The molecule has 29 heavy (non-hydrogen) atoms. The number of thioether (sulfide) groups is 1. The second kappa shape index (κ2) is 10.5. The van der Waals surface area contributed by atoms with Gasteiger partial charge >= 0.3 is 5.97 Å². The molecule has 7 nitrogen and oxygen atoms in total. The molecule has 0 spiro atoms. The lowest BCUT2D eigenvalue weighted by Gasteiger charge is -2.15. The Balaban J connectivity index is 2.03. The first-order chi connectivity index (χ1) is 13.7. The molecular formula is C19H19Cl2N3O4S. The third kappa shape index (κ3) is 6.62. The van der Waals surface area contributed by atoms with Crippen molar-refractivity contribution in [1.82, 2.24) is 9.88 Å². The van der Waals surface area contributed by atoms with Crippen molar-refractivity contribution in [3.8, 4) is 0 Å². The monoisotopic (exact) mass is 455 g/mol. The molecule has 1 atom stereocenters. The average Bonchev–Trinajstić information content (AvgIpc) is 2.68. The van der Waals surface area contributed by atoms with Gasteiger partial charge in [0.25, 0.3) is 5.91 Å². The molecule has 2 rings (SSSR count). The number of esters is 1. The molecule has 1 aromatic heterocycles. The van der Waals surface area contributed by atoms with Crippen LogP contribution in [0.1, 0.15) is 17.3 Å². The van der Waals surface area contributed by atoms with Gasteiger partial charge in [-0.15, -0.1) is 11.8 Å². The summed E-state index contributed by atoms with van der Waals surface area (Å²) in [6.45, 7) is 1.43. The van der Waals surface area contributed by atoms with E-state index in [2.05, 4.69) is 10.3 Å². The summed E-state index contributed by atoms with van der Waals surface area (Å²) in [6.07, 6.45) is 0.236. The molecular weight excluding hydrogens is 437 g/mol. The lowest BCUT2D eigenvalue weighted by atomic mass is 10.2. The zero-order chi connectivity index (χ0) is 21.6. The minimum absolute atomic E-state index is 0.0849. The van der Waals surface area contributed by atoms with E-state index in [9.17, 15) is 14.4 Å². The Hall–Kier alpha value is -2.29. The van der Waals surface area contributed by atoms with E-state index >= 15 is 0 Å². The molecule has 2 amide bonds. The molecule has 154 valence electrons. The minimum Gasteiger partial charge on any atom is -0.449 e. The smallest absolute Gasteiger partial charge is 0.340 e. The summed E-state index contributed by atoms with van der Waals surface area (Å²) in [4.78, 5) is 42.7. The first-order valence-electron chi connectivity index (χ1n) is 8.44. The SMILES string of the molecule is C[C@H](OC(=O)c1ccccc1SCC(=O)N(C)C)C(=O)Nc1ncc(Cl)cc1Cl. The van der Waals surface area contributed by atoms with Crippen LogP contribution in [0.5, 0.6) is 0 Å². The third-order valence-corrected chi connectivity index (χ3v) is 5.21. The van der Waals surface area contributed by atoms with Gasteiger partial charge in [-0.25, -0.2) is 9.78 Å². The zero-order valence-electron chi connectivity index (χ0n) is 15.9. The Bertz CT molecular complexity index is 924. The van der Waals surface area contributed by atoms with Crippen LogP contribution in [0.4, 0.5) is 5.82 Å². The van der Waals surface area contributed by atoms with Crippen molar-refractivity contribution in [1.29, 1.82) is 0 Å². The molecule has 0 aliphatic carbocycles. The Labute approximate surface area is 182 Å². The molecule has 0 bridgehead atoms. The first-order valence-corrected chi connectivity index (χ1v) is 10.2. The van der Waals surface area contributed by atoms with E-state index in [1.54, 1.807) is 38.4 Å². The van der Waals surface area contributed by atoms with Gasteiger partial charge in [0.05, 0.1) is 21.4 Å². The molecule has 0 saturated heterocycles. The number of hydrogen-bond donors (Lipinski definition) is 1. The number of anilines is 1. The fraction of sp³-hybridized carbons (Fsp3) is 0.263. The molecule has 0 aliphatic rings. The highest BCUT2D eigenvalue weighted by Crippen LogP contribution is 2.25. The summed E-state index contributed by atoms with van der Waals surface area (Å²) in [5.74, 6) is -1.07. The van der Waals surface area contributed by atoms with Crippen molar-refractivity contribution in [2.45, 2.75) is 17.9 Å². The predicted molar refractivity (Wildman–Crippen MR) is 114 cm³/mol. The van der Waals surface area contributed by atoms with Gasteiger partial charge in [0.1, 0.15) is 0 Å². The van der Waals surface area contributed by atoms with Gasteiger partial charge in [0, 0.05) is 25.2 Å². The standard InChI is InChI=1S/C19H19Cl2N3O4S/c1-11(18(26)23-17-14(21)8-12(20)9-22-17)28-19(27)13-6-4-5-7-15(13)29-10-16(25)24(2)3/h4-9,11H,10H2,1-3H3,(H,22,23,26)/t11-/m0/s1. The molecule has 10 heteroatoms. The molecule has 0 aliphatic heterocycles. The van der Waals surface area contributed by atoms with Gasteiger partial charge in [0.2, 0.25) is 5.91 Å². The van der Waals surface area contributed by atoms with Gasteiger partial charge < -0.3 is 15.0 Å². The van der Waals surface area contributed by atoms with Gasteiger partial charge in [-0.1, -0.05) is 35.3 Å². The van der Waals surface area contributed by atoms with Crippen LogP contribution in [0.3, 0.4) is 0 Å². The predicted octanol–water partition coefficient (Wildman–Crippen LogP) is 3.75. The molecule has 0 unspecified atom stereocenters. The largest absolute Gasteiger partial charge is 0.449 e. The lowest BCUT2D eigenvalue weighted by Crippen LogP contribution is -2.30. The molecule has 1 heterocycles. The molecule has 0 saturated carbocycles. The Morgan fingerprint density at radius 2 is 1.93 bits per heavy atom. The van der Waals surface area contributed by atoms with Crippen LogP contribution in [0, 0.1) is 0 Å². The summed E-state index contributed by atoms with van der Waals surface area (Å²) >= 11 is 13.0. The molecule has 0 fully saturated rings. The van der Waals surface area contributed by atoms with Crippen molar-refractivity contribution in [2.24, 2.45) is 0 Å². The van der Waals surface area contributed by atoms with Crippen molar-refractivity contribution < 1.29 is 19.1 Å². The maximum atomic E-state index is 12.6. The number of nitrogens with zero attached hydrogens (tertiary/aromatic N) is 2. The van der Waals surface area contributed by atoms with Crippen LogP contribution in [0.25, 0.3) is 0 Å². The summed E-state index contributed by atoms with van der Waals surface area (Å²) < 4.78 is 5.27. The second-order valence-corrected chi connectivity index (χ2v) is 7.95. The number of carbonyl (C=O) groups excluding carboxylic acids is 3. The Morgan fingerprint density at radius 3 is 2.59 bits per heavy atom. The van der Waals surface area contributed by atoms with Crippen LogP contribution < -0.4 is 5.32 Å². The number of pyridine rings is 1.